The first kappa shape index (κ1) is 20.6. The van der Waals surface area contributed by atoms with Gasteiger partial charge in [-0.2, -0.15) is 0 Å². The fourth-order valence-electron chi connectivity index (χ4n) is 5.71. The summed E-state index contributed by atoms with van der Waals surface area (Å²) < 4.78 is 4.04. The van der Waals surface area contributed by atoms with Crippen LogP contribution in [0.1, 0.15) is 50.0 Å². The molecular weight excluding hydrogens is 458 g/mol. The summed E-state index contributed by atoms with van der Waals surface area (Å²) in [7, 11) is 0. The molecule has 0 spiro atoms. The van der Waals surface area contributed by atoms with E-state index in [1.807, 2.05) is 12.3 Å². The summed E-state index contributed by atoms with van der Waals surface area (Å²) in [6.07, 6.45) is 5.49. The third-order valence-electron chi connectivity index (χ3n) is 7.20. The summed E-state index contributed by atoms with van der Waals surface area (Å²) >= 11 is 4.86. The summed E-state index contributed by atoms with van der Waals surface area (Å²) in [6, 6.07) is 6.22. The van der Waals surface area contributed by atoms with Crippen molar-refractivity contribution in [1.29, 1.82) is 0 Å². The zero-order valence-corrected chi connectivity index (χ0v) is 20.6. The van der Waals surface area contributed by atoms with E-state index in [-0.39, 0.29) is 5.56 Å². The van der Waals surface area contributed by atoms with Crippen molar-refractivity contribution < 1.29 is 0 Å². The number of hydrogen-bond donors (Lipinski definition) is 0. The summed E-state index contributed by atoms with van der Waals surface area (Å²) in [5.41, 5.74) is 1.71. The van der Waals surface area contributed by atoms with Crippen LogP contribution in [0.2, 0.25) is 0 Å². The first-order chi connectivity index (χ1) is 15.6. The molecule has 0 aromatic carbocycles. The molecule has 2 fully saturated rings. The Morgan fingerprint density at radius 3 is 2.91 bits per heavy atom. The average molecular weight is 484 g/mol. The smallest absolute Gasteiger partial charge is 0.258 e. The number of aromatic nitrogens is 5. The van der Waals surface area contributed by atoms with Gasteiger partial charge < -0.3 is 0 Å². The van der Waals surface area contributed by atoms with Gasteiger partial charge in [0.05, 0.1) is 10.6 Å². The lowest BCUT2D eigenvalue weighted by Crippen LogP contribution is -2.23. The zero-order chi connectivity index (χ0) is 21.8. The van der Waals surface area contributed by atoms with Crippen LogP contribution in [0, 0.1) is 24.7 Å². The molecule has 4 aromatic heterocycles. The molecule has 32 heavy (non-hydrogen) atoms. The van der Waals surface area contributed by atoms with Gasteiger partial charge >= 0.3 is 0 Å². The predicted molar refractivity (Wildman–Crippen MR) is 131 cm³/mol. The second-order valence-electron chi connectivity index (χ2n) is 9.10. The molecule has 4 atom stereocenters. The van der Waals surface area contributed by atoms with E-state index in [0.29, 0.717) is 17.7 Å². The molecule has 4 aromatic rings. The maximum Gasteiger partial charge on any atom is 0.258 e. The monoisotopic (exact) mass is 483 g/mol. The van der Waals surface area contributed by atoms with Gasteiger partial charge in [-0.05, 0) is 62.3 Å². The largest absolute Gasteiger partial charge is 0.298 e. The van der Waals surface area contributed by atoms with Gasteiger partial charge in [-0.25, -0.2) is 4.98 Å². The Morgan fingerprint density at radius 1 is 1.25 bits per heavy atom. The summed E-state index contributed by atoms with van der Waals surface area (Å²) in [6.45, 7) is 4.29. The van der Waals surface area contributed by atoms with Crippen LogP contribution in [0.4, 0.5) is 0 Å². The van der Waals surface area contributed by atoms with Crippen LogP contribution >= 0.6 is 34.4 Å². The Kier molecular flexibility index (Phi) is 5.23. The second kappa shape index (κ2) is 8.11. The van der Waals surface area contributed by atoms with Crippen LogP contribution in [-0.2, 0) is 5.75 Å². The fraction of sp³-hybridized carbons (Fsp3) is 0.478. The van der Waals surface area contributed by atoms with Crippen LogP contribution in [0.5, 0.6) is 0 Å². The van der Waals surface area contributed by atoms with E-state index < -0.39 is 0 Å². The molecule has 0 amide bonds. The quantitative estimate of drug-likeness (QED) is 0.330. The van der Waals surface area contributed by atoms with Gasteiger partial charge in [-0.15, -0.1) is 32.9 Å². The van der Waals surface area contributed by atoms with Crippen LogP contribution in [-0.4, -0.2) is 24.1 Å². The minimum atomic E-state index is -0.0135. The molecular formula is C23H25N5OS3. The molecule has 0 radical (unpaired) electrons. The minimum Gasteiger partial charge on any atom is -0.298 e. The second-order valence-corrected chi connectivity index (χ2v) is 11.8. The van der Waals surface area contributed by atoms with Gasteiger partial charge in [0.25, 0.3) is 5.56 Å². The molecule has 0 saturated heterocycles. The lowest BCUT2D eigenvalue weighted by atomic mass is 9.84. The van der Waals surface area contributed by atoms with Crippen molar-refractivity contribution >= 4 is 39.4 Å². The molecule has 6 rings (SSSR count). The van der Waals surface area contributed by atoms with Crippen molar-refractivity contribution in [3.63, 3.8) is 0 Å². The van der Waals surface area contributed by atoms with Crippen molar-refractivity contribution in [1.82, 2.24) is 24.1 Å². The Bertz CT molecular complexity index is 1320. The van der Waals surface area contributed by atoms with Crippen molar-refractivity contribution in [2.45, 2.75) is 56.5 Å². The lowest BCUT2D eigenvalue weighted by molar-refractivity contribution is 0.235. The van der Waals surface area contributed by atoms with Crippen LogP contribution in [0.15, 0.2) is 38.9 Å². The number of rotatable bonds is 6. The molecule has 2 bridgehead atoms. The molecule has 2 aliphatic carbocycles. The molecule has 4 heterocycles. The first-order valence-electron chi connectivity index (χ1n) is 11.2. The Hall–Kier alpha value is -1.97. The third-order valence-corrected chi connectivity index (χ3v) is 9.99. The highest BCUT2D eigenvalue weighted by Crippen LogP contribution is 2.53. The predicted octanol–water partition coefficient (Wildman–Crippen LogP) is 5.67. The molecule has 2 saturated carbocycles. The van der Waals surface area contributed by atoms with Gasteiger partial charge in [-0.3, -0.25) is 13.8 Å². The van der Waals surface area contributed by atoms with Crippen molar-refractivity contribution in [3.05, 3.63) is 50.7 Å². The van der Waals surface area contributed by atoms with Crippen LogP contribution < -0.4 is 5.56 Å². The zero-order valence-electron chi connectivity index (χ0n) is 18.1. The Labute approximate surface area is 198 Å². The van der Waals surface area contributed by atoms with Gasteiger partial charge in [0.1, 0.15) is 0 Å². The average Bonchev–Trinajstić information content (AvgIpc) is 3.60. The normalized spacial score (nSPS) is 23.4. The van der Waals surface area contributed by atoms with Crippen LogP contribution in [0.3, 0.4) is 0 Å². The minimum absolute atomic E-state index is 0.0135. The molecule has 9 heteroatoms. The molecule has 166 valence electrons. The first-order valence-corrected chi connectivity index (χ1v) is 13.9. The Balaban J connectivity index is 1.32. The lowest BCUT2D eigenvalue weighted by Gasteiger charge is -2.30. The number of thiophene rings is 1. The van der Waals surface area contributed by atoms with Crippen LogP contribution in [0.25, 0.3) is 15.7 Å². The van der Waals surface area contributed by atoms with E-state index in [9.17, 15) is 4.79 Å². The van der Waals surface area contributed by atoms with Gasteiger partial charge in [0, 0.05) is 28.9 Å². The number of thioether (sulfide) groups is 1. The van der Waals surface area contributed by atoms with Gasteiger partial charge in [0.2, 0.25) is 0 Å². The molecule has 6 nitrogen and oxygen atoms in total. The number of thiazole rings is 1. The third kappa shape index (κ3) is 3.45. The SMILES string of the molecule is Cc1csc2nc(CSc3nnc(-c4cccs4)n3C(C)C3CC4CCC3C4)cc(=O)n12. The van der Waals surface area contributed by atoms with Gasteiger partial charge in [-0.1, -0.05) is 24.2 Å². The fourth-order valence-corrected chi connectivity index (χ4v) is 8.22. The summed E-state index contributed by atoms with van der Waals surface area (Å²) in [5, 5.41) is 14.2. The Morgan fingerprint density at radius 2 is 2.16 bits per heavy atom. The number of fused-ring (bicyclic) bond motifs is 3. The van der Waals surface area contributed by atoms with Gasteiger partial charge in [0.15, 0.2) is 15.9 Å². The molecule has 0 aliphatic heterocycles. The molecule has 2 aliphatic rings. The standard InChI is InChI=1S/C23H25N5OS3/c1-13-11-31-22-24-17(10-20(29)27(13)22)12-32-23-26-25-21(19-4-3-7-30-19)28(23)14(2)18-9-15-5-6-16(18)8-15/h3-4,7,10-11,14-16,18H,5-6,8-9,12H2,1-2H3. The van der Waals surface area contributed by atoms with E-state index in [4.69, 9.17) is 4.98 Å². The van der Waals surface area contributed by atoms with E-state index in [1.54, 1.807) is 33.6 Å². The van der Waals surface area contributed by atoms with Crippen molar-refractivity contribution in [2.75, 3.05) is 0 Å². The summed E-state index contributed by atoms with van der Waals surface area (Å²) in [4.78, 5) is 19.2. The topological polar surface area (TPSA) is 65.1 Å². The van der Waals surface area contributed by atoms with E-state index in [1.165, 1.54) is 37.0 Å². The number of nitrogens with zero attached hydrogens (tertiary/aromatic N) is 5. The maximum atomic E-state index is 12.6. The van der Waals surface area contributed by atoms with Crippen molar-refractivity contribution in [3.8, 4) is 10.7 Å². The number of hydrogen-bond acceptors (Lipinski definition) is 7. The number of aryl methyl sites for hydroxylation is 1. The maximum absolute atomic E-state index is 12.6. The highest BCUT2D eigenvalue weighted by Gasteiger charge is 2.43. The molecule has 0 N–H and O–H groups in total. The highest BCUT2D eigenvalue weighted by molar-refractivity contribution is 7.98. The van der Waals surface area contributed by atoms with Crippen molar-refractivity contribution in [2.24, 2.45) is 17.8 Å². The highest BCUT2D eigenvalue weighted by atomic mass is 32.2. The van der Waals surface area contributed by atoms with E-state index >= 15 is 0 Å². The molecule has 4 unspecified atom stereocenters. The van der Waals surface area contributed by atoms with E-state index in [0.717, 1.165) is 44.0 Å². The summed E-state index contributed by atoms with van der Waals surface area (Å²) in [5.74, 6) is 4.00. The van der Waals surface area contributed by atoms with E-state index in [2.05, 4.69) is 39.2 Å².